The normalized spacial score (nSPS) is 11.8. The van der Waals surface area contributed by atoms with Gasteiger partial charge in [0.25, 0.3) is 0 Å². The second-order valence-electron chi connectivity index (χ2n) is 7.50. The standard InChI is InChI=1S/C28H27P/c1-3-29(26-17-6-4-7-18-26,27-19-8-5-9-20-27)28-21-13-12-16-25(28)22-24-15-11-10-14-23(24)2/h3-21,29H,1,22H2,2H3. The van der Waals surface area contributed by atoms with Crippen LogP contribution in [0.25, 0.3) is 0 Å². The number of benzene rings is 4. The molecule has 0 saturated heterocycles. The van der Waals surface area contributed by atoms with Crippen LogP contribution in [0.2, 0.25) is 0 Å². The Bertz CT molecular complexity index is 1060. The van der Waals surface area contributed by atoms with Crippen molar-refractivity contribution in [3.05, 3.63) is 138 Å². The predicted molar refractivity (Wildman–Crippen MR) is 131 cm³/mol. The van der Waals surface area contributed by atoms with Gasteiger partial charge in [0.2, 0.25) is 0 Å². The number of rotatable bonds is 6. The van der Waals surface area contributed by atoms with Gasteiger partial charge in [-0.25, -0.2) is 0 Å². The molecule has 0 radical (unpaired) electrons. The molecule has 29 heavy (non-hydrogen) atoms. The van der Waals surface area contributed by atoms with E-state index in [0.717, 1.165) is 6.42 Å². The van der Waals surface area contributed by atoms with E-state index in [-0.39, 0.29) is 0 Å². The van der Waals surface area contributed by atoms with Gasteiger partial charge in [-0.05, 0) is 0 Å². The number of hydrogen-bond donors (Lipinski definition) is 0. The van der Waals surface area contributed by atoms with Crippen molar-refractivity contribution < 1.29 is 0 Å². The van der Waals surface area contributed by atoms with Crippen LogP contribution in [0, 0.1) is 6.92 Å². The zero-order valence-electron chi connectivity index (χ0n) is 16.9. The van der Waals surface area contributed by atoms with Gasteiger partial charge in [-0.3, -0.25) is 0 Å². The molecule has 4 rings (SSSR count). The van der Waals surface area contributed by atoms with Gasteiger partial charge in [0.15, 0.2) is 0 Å². The summed E-state index contributed by atoms with van der Waals surface area (Å²) in [6, 6.07) is 39.5. The van der Waals surface area contributed by atoms with E-state index in [1.165, 1.54) is 32.6 Å². The van der Waals surface area contributed by atoms with Gasteiger partial charge in [-0.15, -0.1) is 0 Å². The number of hydrogen-bond acceptors (Lipinski definition) is 0. The minimum absolute atomic E-state index is 0.936. The van der Waals surface area contributed by atoms with Crippen LogP contribution in [0.4, 0.5) is 0 Å². The summed E-state index contributed by atoms with van der Waals surface area (Å²) in [5.74, 6) is 2.24. The van der Waals surface area contributed by atoms with E-state index >= 15 is 0 Å². The van der Waals surface area contributed by atoms with E-state index in [0.29, 0.717) is 0 Å². The van der Waals surface area contributed by atoms with Crippen LogP contribution in [0.3, 0.4) is 0 Å². The first-order chi connectivity index (χ1) is 14.3. The summed E-state index contributed by atoms with van der Waals surface area (Å²) >= 11 is 0. The van der Waals surface area contributed by atoms with Crippen molar-refractivity contribution in [2.75, 3.05) is 0 Å². The van der Waals surface area contributed by atoms with Gasteiger partial charge >= 0.3 is 175 Å². The molecular formula is C28H27P. The van der Waals surface area contributed by atoms with Crippen molar-refractivity contribution in [2.45, 2.75) is 13.3 Å². The molecule has 0 atom stereocenters. The Kier molecular flexibility index (Phi) is 5.74. The van der Waals surface area contributed by atoms with E-state index in [1.54, 1.807) is 0 Å². The molecule has 1 heteroatoms. The predicted octanol–water partition coefficient (Wildman–Crippen LogP) is 5.76. The fourth-order valence-electron chi connectivity index (χ4n) is 4.30. The van der Waals surface area contributed by atoms with Gasteiger partial charge in [-0.2, -0.15) is 0 Å². The molecule has 0 bridgehead atoms. The quantitative estimate of drug-likeness (QED) is 0.365. The molecule has 0 N–H and O–H groups in total. The fourth-order valence-corrected chi connectivity index (χ4v) is 8.42. The average Bonchev–Trinajstić information content (AvgIpc) is 2.79. The molecule has 0 nitrogen and oxygen atoms in total. The van der Waals surface area contributed by atoms with Gasteiger partial charge in [0.1, 0.15) is 0 Å². The Balaban J connectivity index is 1.96. The van der Waals surface area contributed by atoms with E-state index in [1.807, 2.05) is 0 Å². The molecule has 0 aliphatic carbocycles. The first-order valence-electron chi connectivity index (χ1n) is 10.1. The fraction of sp³-hybridized carbons (Fsp3) is 0.0714. The summed E-state index contributed by atoms with van der Waals surface area (Å²) in [6.07, 6.45) is 0.936. The molecule has 0 unspecified atom stereocenters. The molecule has 0 aliphatic heterocycles. The Morgan fingerprint density at radius 1 is 0.621 bits per heavy atom. The second kappa shape index (κ2) is 8.60. The summed E-state index contributed by atoms with van der Waals surface area (Å²) in [6.45, 7) is 6.59. The van der Waals surface area contributed by atoms with E-state index < -0.39 is 7.26 Å². The molecule has 0 heterocycles. The van der Waals surface area contributed by atoms with Crippen LogP contribution in [0.1, 0.15) is 16.7 Å². The molecular weight excluding hydrogens is 367 g/mol. The molecule has 0 aromatic heterocycles. The van der Waals surface area contributed by atoms with Crippen molar-refractivity contribution >= 4 is 23.2 Å². The Morgan fingerprint density at radius 3 is 1.66 bits per heavy atom. The minimum atomic E-state index is -2.35. The van der Waals surface area contributed by atoms with Crippen LogP contribution < -0.4 is 15.9 Å². The zero-order chi connectivity index (χ0) is 20.1. The van der Waals surface area contributed by atoms with E-state index in [2.05, 4.69) is 129 Å². The summed E-state index contributed by atoms with van der Waals surface area (Å²) in [7, 11) is -2.35. The summed E-state index contributed by atoms with van der Waals surface area (Å²) < 4.78 is 0. The SMILES string of the molecule is C=C[PH](c1ccccc1)(c1ccccc1)c1ccccc1Cc1ccccc1C. The molecule has 0 saturated carbocycles. The van der Waals surface area contributed by atoms with Crippen molar-refractivity contribution in [3.63, 3.8) is 0 Å². The van der Waals surface area contributed by atoms with Crippen LogP contribution in [0.15, 0.2) is 122 Å². The average molecular weight is 394 g/mol. The molecule has 0 amide bonds. The van der Waals surface area contributed by atoms with E-state index in [4.69, 9.17) is 0 Å². The van der Waals surface area contributed by atoms with E-state index in [9.17, 15) is 0 Å². The Hall–Kier alpha value is -2.95. The first-order valence-corrected chi connectivity index (χ1v) is 12.2. The van der Waals surface area contributed by atoms with Gasteiger partial charge in [0.05, 0.1) is 0 Å². The van der Waals surface area contributed by atoms with Crippen molar-refractivity contribution in [1.82, 2.24) is 0 Å². The summed E-state index contributed by atoms with van der Waals surface area (Å²) in [5.41, 5.74) is 4.11. The topological polar surface area (TPSA) is 0 Å². The molecule has 0 spiro atoms. The summed E-state index contributed by atoms with van der Waals surface area (Å²) in [4.78, 5) is 0. The van der Waals surface area contributed by atoms with Crippen LogP contribution in [-0.2, 0) is 6.42 Å². The Labute approximate surface area is 174 Å². The van der Waals surface area contributed by atoms with Crippen LogP contribution in [0.5, 0.6) is 0 Å². The van der Waals surface area contributed by atoms with Gasteiger partial charge < -0.3 is 0 Å². The van der Waals surface area contributed by atoms with Crippen LogP contribution >= 0.6 is 7.26 Å². The van der Waals surface area contributed by atoms with Crippen molar-refractivity contribution in [3.8, 4) is 0 Å². The summed E-state index contributed by atoms with van der Waals surface area (Å²) in [5, 5.41) is 4.17. The monoisotopic (exact) mass is 394 g/mol. The van der Waals surface area contributed by atoms with Crippen molar-refractivity contribution in [2.24, 2.45) is 0 Å². The second-order valence-corrected chi connectivity index (χ2v) is 11.2. The van der Waals surface area contributed by atoms with Crippen LogP contribution in [-0.4, -0.2) is 0 Å². The third kappa shape index (κ3) is 3.69. The molecule has 0 fully saturated rings. The van der Waals surface area contributed by atoms with Crippen molar-refractivity contribution in [1.29, 1.82) is 0 Å². The Morgan fingerprint density at radius 2 is 1.10 bits per heavy atom. The molecule has 4 aromatic carbocycles. The molecule has 144 valence electrons. The maximum atomic E-state index is 4.39. The third-order valence-corrected chi connectivity index (χ3v) is 10.3. The number of aryl methyl sites for hydroxylation is 1. The maximum absolute atomic E-state index is 4.39. The third-order valence-electron chi connectivity index (χ3n) is 5.85. The first kappa shape index (κ1) is 19.4. The zero-order valence-corrected chi connectivity index (χ0v) is 17.9. The van der Waals surface area contributed by atoms with Gasteiger partial charge in [-0.1, -0.05) is 0 Å². The van der Waals surface area contributed by atoms with Gasteiger partial charge in [0, 0.05) is 0 Å². The molecule has 4 aromatic rings. The molecule has 0 aliphatic rings.